The maximum atomic E-state index is 12.3. The second-order valence-corrected chi connectivity index (χ2v) is 6.50. The third-order valence-electron chi connectivity index (χ3n) is 3.44. The highest BCUT2D eigenvalue weighted by Gasteiger charge is 2.11. The first-order chi connectivity index (χ1) is 13.9. The van der Waals surface area contributed by atoms with Gasteiger partial charge in [-0.3, -0.25) is 25.8 Å². The van der Waals surface area contributed by atoms with Crippen LogP contribution >= 0.6 is 12.2 Å². The zero-order valence-electron chi connectivity index (χ0n) is 16.4. The molecule has 2 rings (SSSR count). The summed E-state index contributed by atoms with van der Waals surface area (Å²) >= 11 is 5.02. The van der Waals surface area contributed by atoms with Crippen molar-refractivity contribution in [3.05, 3.63) is 54.1 Å². The minimum Gasteiger partial charge on any atom is -0.493 e. The average molecular weight is 417 g/mol. The van der Waals surface area contributed by atoms with Gasteiger partial charge in [-0.25, -0.2) is 0 Å². The molecule has 0 aliphatic carbocycles. The second-order valence-electron chi connectivity index (χ2n) is 6.09. The van der Waals surface area contributed by atoms with Crippen molar-refractivity contribution in [1.29, 1.82) is 0 Å². The van der Waals surface area contributed by atoms with Gasteiger partial charge >= 0.3 is 0 Å². The van der Waals surface area contributed by atoms with Crippen molar-refractivity contribution in [2.75, 3.05) is 13.7 Å². The second kappa shape index (κ2) is 10.9. The molecule has 29 heavy (non-hydrogen) atoms. The smallest absolute Gasteiger partial charge is 0.276 e. The molecule has 0 aliphatic heterocycles. The molecule has 154 valence electrons. The Morgan fingerprint density at radius 2 is 1.76 bits per heavy atom. The van der Waals surface area contributed by atoms with Crippen LogP contribution in [-0.4, -0.2) is 36.7 Å². The predicted octanol–water partition coefficient (Wildman–Crippen LogP) is 2.20. The van der Waals surface area contributed by atoms with Crippen LogP contribution in [0.15, 0.2) is 48.5 Å². The van der Waals surface area contributed by atoms with Crippen LogP contribution in [0, 0.1) is 0 Å². The van der Waals surface area contributed by atoms with E-state index in [4.69, 9.17) is 26.4 Å². The van der Waals surface area contributed by atoms with Crippen LogP contribution in [0.3, 0.4) is 0 Å². The average Bonchev–Trinajstić information content (AvgIpc) is 2.70. The van der Waals surface area contributed by atoms with Crippen LogP contribution in [0.4, 0.5) is 0 Å². The van der Waals surface area contributed by atoms with E-state index in [1.54, 1.807) is 48.5 Å². The van der Waals surface area contributed by atoms with Crippen LogP contribution in [0.2, 0.25) is 0 Å². The lowest BCUT2D eigenvalue weighted by atomic mass is 10.2. The van der Waals surface area contributed by atoms with Gasteiger partial charge in [0.1, 0.15) is 5.75 Å². The van der Waals surface area contributed by atoms with Crippen molar-refractivity contribution in [1.82, 2.24) is 16.2 Å². The quantitative estimate of drug-likeness (QED) is 0.469. The molecule has 2 aromatic carbocycles. The number of carbonyl (C=O) groups is 2. The summed E-state index contributed by atoms with van der Waals surface area (Å²) in [7, 11) is 1.51. The number of methoxy groups -OCH3 is 1. The van der Waals surface area contributed by atoms with E-state index in [0.717, 1.165) is 0 Å². The molecule has 0 saturated heterocycles. The van der Waals surface area contributed by atoms with Crippen molar-refractivity contribution >= 4 is 29.1 Å². The number of ether oxygens (including phenoxy) is 3. The van der Waals surface area contributed by atoms with Crippen LogP contribution in [0.1, 0.15) is 24.2 Å². The minimum atomic E-state index is -0.486. The largest absolute Gasteiger partial charge is 0.493 e. The van der Waals surface area contributed by atoms with Gasteiger partial charge in [0.25, 0.3) is 11.8 Å². The Kier molecular flexibility index (Phi) is 8.23. The first kappa shape index (κ1) is 22.0. The Balaban J connectivity index is 1.79. The minimum absolute atomic E-state index is 0.00987. The molecule has 0 atom stereocenters. The van der Waals surface area contributed by atoms with E-state index in [9.17, 15) is 9.59 Å². The molecule has 8 nitrogen and oxygen atoms in total. The van der Waals surface area contributed by atoms with Crippen LogP contribution in [0.25, 0.3) is 0 Å². The molecule has 0 aliphatic rings. The number of hydrogen-bond acceptors (Lipinski definition) is 6. The number of nitrogens with one attached hydrogen (secondary N) is 3. The summed E-state index contributed by atoms with van der Waals surface area (Å²) in [6.45, 7) is 3.52. The van der Waals surface area contributed by atoms with E-state index in [1.165, 1.54) is 7.11 Å². The molecule has 0 unspecified atom stereocenters. The number of rotatable bonds is 7. The monoisotopic (exact) mass is 417 g/mol. The topological polar surface area (TPSA) is 97.9 Å². The number of hydrogen-bond donors (Lipinski definition) is 3. The van der Waals surface area contributed by atoms with Gasteiger partial charge in [0.15, 0.2) is 23.2 Å². The summed E-state index contributed by atoms with van der Waals surface area (Å²) in [4.78, 5) is 24.2. The lowest BCUT2D eigenvalue weighted by molar-refractivity contribution is -0.123. The van der Waals surface area contributed by atoms with Crippen molar-refractivity contribution in [3.8, 4) is 17.2 Å². The highest BCUT2D eigenvalue weighted by molar-refractivity contribution is 7.80. The van der Waals surface area contributed by atoms with E-state index < -0.39 is 11.8 Å². The molecule has 0 radical (unpaired) electrons. The van der Waals surface area contributed by atoms with Gasteiger partial charge in [-0.15, -0.1) is 0 Å². The zero-order chi connectivity index (χ0) is 21.2. The summed E-state index contributed by atoms with van der Waals surface area (Å²) < 4.78 is 16.1. The fourth-order valence-electron chi connectivity index (χ4n) is 2.23. The molecule has 0 fully saturated rings. The molecular formula is C20H23N3O5S. The number of benzene rings is 2. The Hall–Kier alpha value is -3.33. The summed E-state index contributed by atoms with van der Waals surface area (Å²) in [6, 6.07) is 13.7. The first-order valence-corrected chi connectivity index (χ1v) is 9.22. The van der Waals surface area contributed by atoms with Crippen molar-refractivity contribution in [2.24, 2.45) is 0 Å². The van der Waals surface area contributed by atoms with Crippen LogP contribution in [-0.2, 0) is 4.79 Å². The highest BCUT2D eigenvalue weighted by Crippen LogP contribution is 2.25. The lowest BCUT2D eigenvalue weighted by Crippen LogP contribution is -2.49. The number of para-hydroxylation sites is 2. The summed E-state index contributed by atoms with van der Waals surface area (Å²) in [5.41, 5.74) is 5.17. The molecule has 9 heteroatoms. The maximum absolute atomic E-state index is 12.3. The lowest BCUT2D eigenvalue weighted by Gasteiger charge is -2.13. The van der Waals surface area contributed by atoms with E-state index in [2.05, 4.69) is 16.2 Å². The van der Waals surface area contributed by atoms with Gasteiger partial charge in [-0.2, -0.15) is 0 Å². The van der Waals surface area contributed by atoms with Gasteiger partial charge in [0.05, 0.1) is 13.2 Å². The van der Waals surface area contributed by atoms with E-state index in [1.807, 2.05) is 13.8 Å². The van der Waals surface area contributed by atoms with Gasteiger partial charge in [0.2, 0.25) is 0 Å². The Bertz CT molecular complexity index is 873. The van der Waals surface area contributed by atoms with E-state index in [-0.39, 0.29) is 17.8 Å². The fraction of sp³-hybridized carbons (Fsp3) is 0.250. The third kappa shape index (κ3) is 7.30. The Morgan fingerprint density at radius 3 is 2.45 bits per heavy atom. The van der Waals surface area contributed by atoms with E-state index >= 15 is 0 Å². The van der Waals surface area contributed by atoms with Crippen molar-refractivity contribution in [3.63, 3.8) is 0 Å². The molecule has 2 aromatic rings. The van der Waals surface area contributed by atoms with Gasteiger partial charge in [-0.1, -0.05) is 18.2 Å². The Labute approximate surface area is 174 Å². The van der Waals surface area contributed by atoms with Crippen molar-refractivity contribution < 1.29 is 23.8 Å². The van der Waals surface area contributed by atoms with Crippen molar-refractivity contribution in [2.45, 2.75) is 20.0 Å². The fourth-order valence-corrected chi connectivity index (χ4v) is 2.38. The number of hydrazine groups is 1. The molecule has 0 aromatic heterocycles. The normalized spacial score (nSPS) is 10.1. The predicted molar refractivity (Wildman–Crippen MR) is 112 cm³/mol. The van der Waals surface area contributed by atoms with E-state index in [0.29, 0.717) is 22.8 Å². The standard InChI is InChI=1S/C20H23N3O5S/c1-13(2)28-15-8-6-7-14(11-15)19(25)21-20(29)23-22-18(24)12-27-17-10-5-4-9-16(17)26-3/h4-11,13H,12H2,1-3H3,(H,22,24)(H2,21,23,25,29). The molecular weight excluding hydrogens is 394 g/mol. The molecule has 0 spiro atoms. The summed E-state index contributed by atoms with van der Waals surface area (Å²) in [6.07, 6.45) is -0.00987. The number of amides is 2. The SMILES string of the molecule is COc1ccccc1OCC(=O)NNC(=S)NC(=O)c1cccc(OC(C)C)c1. The summed E-state index contributed by atoms with van der Waals surface area (Å²) in [5.74, 6) is 0.605. The summed E-state index contributed by atoms with van der Waals surface area (Å²) in [5, 5.41) is 2.42. The number of thiocarbonyl (C=S) groups is 1. The molecule has 0 saturated carbocycles. The third-order valence-corrected chi connectivity index (χ3v) is 3.64. The van der Waals surface area contributed by atoms with Crippen LogP contribution in [0.5, 0.6) is 17.2 Å². The maximum Gasteiger partial charge on any atom is 0.276 e. The molecule has 3 N–H and O–H groups in total. The first-order valence-electron chi connectivity index (χ1n) is 8.81. The van der Waals surface area contributed by atoms with Crippen LogP contribution < -0.4 is 30.4 Å². The van der Waals surface area contributed by atoms with Gasteiger partial charge in [-0.05, 0) is 56.4 Å². The Morgan fingerprint density at radius 1 is 1.03 bits per heavy atom. The molecule has 2 amide bonds. The molecule has 0 heterocycles. The number of carbonyl (C=O) groups excluding carboxylic acids is 2. The molecule has 0 bridgehead atoms. The zero-order valence-corrected chi connectivity index (χ0v) is 17.2. The highest BCUT2D eigenvalue weighted by atomic mass is 32.1. The van der Waals surface area contributed by atoms with Gasteiger partial charge < -0.3 is 14.2 Å². The van der Waals surface area contributed by atoms with Gasteiger partial charge in [0, 0.05) is 5.56 Å².